The minimum atomic E-state index is -0.556. The molecule has 0 aliphatic rings. The van der Waals surface area contributed by atoms with Crippen LogP contribution in [0.25, 0.3) is 0 Å². The van der Waals surface area contributed by atoms with Gasteiger partial charge in [-0.05, 0) is 24.5 Å². The summed E-state index contributed by atoms with van der Waals surface area (Å²) in [6, 6.07) is 3.59. The summed E-state index contributed by atoms with van der Waals surface area (Å²) in [5.41, 5.74) is 0.982. The fraction of sp³-hybridized carbons (Fsp3) is 0.438. The third-order valence-corrected chi connectivity index (χ3v) is 4.38. The van der Waals surface area contributed by atoms with E-state index in [1.165, 1.54) is 23.9 Å². The van der Waals surface area contributed by atoms with Crippen molar-refractivity contribution in [1.82, 2.24) is 9.55 Å². The summed E-state index contributed by atoms with van der Waals surface area (Å²) in [5, 5.41) is 0.957. The summed E-state index contributed by atoms with van der Waals surface area (Å²) in [4.78, 5) is 5.25. The third kappa shape index (κ3) is 3.64. The molecule has 2 nitrogen and oxygen atoms in total. The van der Waals surface area contributed by atoms with Gasteiger partial charge in [0.25, 0.3) is 0 Å². The van der Waals surface area contributed by atoms with Crippen LogP contribution in [-0.2, 0) is 13.5 Å². The van der Waals surface area contributed by atoms with Gasteiger partial charge in [0.2, 0.25) is 0 Å². The average Bonchev–Trinajstić information content (AvgIpc) is 2.67. The van der Waals surface area contributed by atoms with Gasteiger partial charge in [0.1, 0.15) is 22.5 Å². The van der Waals surface area contributed by atoms with Crippen molar-refractivity contribution < 1.29 is 8.78 Å². The Kier molecular flexibility index (Phi) is 5.04. The van der Waals surface area contributed by atoms with Crippen molar-refractivity contribution in [3.05, 3.63) is 41.4 Å². The number of benzene rings is 1. The fourth-order valence-corrected chi connectivity index (χ4v) is 3.39. The molecule has 0 aliphatic carbocycles. The van der Waals surface area contributed by atoms with Crippen molar-refractivity contribution in [3.8, 4) is 0 Å². The Hall–Kier alpha value is -1.36. The molecule has 0 N–H and O–H groups in total. The molecule has 2 rings (SSSR count). The highest BCUT2D eigenvalue weighted by Gasteiger charge is 2.18. The maximum Gasteiger partial charge on any atom is 0.127 e. The van der Waals surface area contributed by atoms with E-state index in [2.05, 4.69) is 20.8 Å². The second kappa shape index (κ2) is 6.60. The van der Waals surface area contributed by atoms with E-state index in [1.807, 2.05) is 11.6 Å². The van der Waals surface area contributed by atoms with E-state index in [1.54, 1.807) is 0 Å². The molecule has 0 spiro atoms. The van der Waals surface area contributed by atoms with Crippen LogP contribution in [0.1, 0.15) is 44.6 Å². The van der Waals surface area contributed by atoms with E-state index in [-0.39, 0.29) is 5.92 Å². The Balaban J connectivity index is 2.42. The Labute approximate surface area is 128 Å². The molecule has 0 unspecified atom stereocenters. The van der Waals surface area contributed by atoms with Gasteiger partial charge in [-0.2, -0.15) is 0 Å². The molecule has 1 aromatic carbocycles. The van der Waals surface area contributed by atoms with Crippen molar-refractivity contribution in [2.45, 2.75) is 49.5 Å². The van der Waals surface area contributed by atoms with Crippen LogP contribution in [0.15, 0.2) is 28.1 Å². The van der Waals surface area contributed by atoms with Gasteiger partial charge in [0.15, 0.2) is 0 Å². The van der Waals surface area contributed by atoms with Gasteiger partial charge in [-0.3, -0.25) is 0 Å². The highest BCUT2D eigenvalue weighted by atomic mass is 32.2. The van der Waals surface area contributed by atoms with Gasteiger partial charge in [-0.1, -0.05) is 32.5 Å². The first-order valence-corrected chi connectivity index (χ1v) is 7.93. The highest BCUT2D eigenvalue weighted by molar-refractivity contribution is 7.99. The lowest BCUT2D eigenvalue weighted by atomic mass is 10.1. The van der Waals surface area contributed by atoms with Crippen molar-refractivity contribution >= 4 is 11.8 Å². The normalized spacial score (nSPS) is 11.4. The summed E-state index contributed by atoms with van der Waals surface area (Å²) < 4.78 is 28.7. The lowest BCUT2D eigenvalue weighted by molar-refractivity contribution is 0.577. The Morgan fingerprint density at radius 2 is 1.81 bits per heavy atom. The number of halogens is 2. The molecular formula is C16H20F2N2S. The van der Waals surface area contributed by atoms with E-state index in [9.17, 15) is 8.78 Å². The van der Waals surface area contributed by atoms with E-state index in [4.69, 9.17) is 4.98 Å². The molecule has 0 aliphatic heterocycles. The monoisotopic (exact) mass is 310 g/mol. The molecule has 114 valence electrons. The summed E-state index contributed by atoms with van der Waals surface area (Å²) in [6.07, 6.45) is 1.91. The zero-order valence-electron chi connectivity index (χ0n) is 12.8. The van der Waals surface area contributed by atoms with Crippen LogP contribution in [0.4, 0.5) is 8.78 Å². The molecule has 21 heavy (non-hydrogen) atoms. The fourth-order valence-electron chi connectivity index (χ4n) is 2.19. The minimum absolute atomic E-state index is 0.266. The molecular weight excluding hydrogens is 290 g/mol. The number of imidazole rings is 1. The topological polar surface area (TPSA) is 17.8 Å². The summed E-state index contributed by atoms with van der Waals surface area (Å²) >= 11 is 1.36. The number of hydrogen-bond donors (Lipinski definition) is 0. The summed E-state index contributed by atoms with van der Waals surface area (Å²) in [6.45, 7) is 6.26. The quantitative estimate of drug-likeness (QED) is 0.779. The van der Waals surface area contributed by atoms with Gasteiger partial charge in [-0.15, -0.1) is 0 Å². The number of aryl methyl sites for hydroxylation is 1. The molecule has 0 radical (unpaired) electrons. The maximum atomic E-state index is 13.3. The predicted molar refractivity (Wildman–Crippen MR) is 81.8 cm³/mol. The number of nitrogens with zero attached hydrogens (tertiary/aromatic N) is 2. The Bertz CT molecular complexity index is 615. The van der Waals surface area contributed by atoms with E-state index in [0.29, 0.717) is 4.90 Å². The molecule has 1 heterocycles. The van der Waals surface area contributed by atoms with Crippen LogP contribution in [-0.4, -0.2) is 9.55 Å². The molecule has 5 heteroatoms. The number of rotatable bonds is 5. The van der Waals surface area contributed by atoms with Gasteiger partial charge < -0.3 is 4.57 Å². The van der Waals surface area contributed by atoms with E-state index < -0.39 is 11.6 Å². The molecule has 0 atom stereocenters. The van der Waals surface area contributed by atoms with Gasteiger partial charge in [0, 0.05) is 24.4 Å². The van der Waals surface area contributed by atoms with Gasteiger partial charge >= 0.3 is 0 Å². The smallest absolute Gasteiger partial charge is 0.127 e. The number of hydrogen-bond acceptors (Lipinski definition) is 2. The predicted octanol–water partition coefficient (Wildman–Crippen LogP) is 4.93. The largest absolute Gasteiger partial charge is 0.326 e. The molecule has 1 aromatic heterocycles. The van der Waals surface area contributed by atoms with Crippen LogP contribution in [0, 0.1) is 11.6 Å². The van der Waals surface area contributed by atoms with Crippen LogP contribution in [0.5, 0.6) is 0 Å². The van der Waals surface area contributed by atoms with E-state index in [0.717, 1.165) is 35.5 Å². The highest BCUT2D eigenvalue weighted by Crippen LogP contribution is 2.35. The summed E-state index contributed by atoms with van der Waals surface area (Å²) in [7, 11) is 1.96. The lowest BCUT2D eigenvalue weighted by Crippen LogP contribution is -1.98. The second-order valence-electron chi connectivity index (χ2n) is 5.39. The van der Waals surface area contributed by atoms with Gasteiger partial charge in [-0.25, -0.2) is 13.8 Å². The molecule has 0 fully saturated rings. The van der Waals surface area contributed by atoms with Crippen LogP contribution < -0.4 is 0 Å². The Morgan fingerprint density at radius 3 is 2.33 bits per heavy atom. The first-order valence-electron chi connectivity index (χ1n) is 7.11. The standard InChI is InChI=1S/C16H20F2N2S/c1-5-6-14-19-15(10(2)3)16(20(14)4)21-13-8-11(17)7-12(18)9-13/h7-10H,5-6H2,1-4H3. The van der Waals surface area contributed by atoms with Crippen LogP contribution >= 0.6 is 11.8 Å². The molecule has 2 aromatic rings. The molecule has 0 amide bonds. The number of aromatic nitrogens is 2. The van der Waals surface area contributed by atoms with Crippen LogP contribution in [0.3, 0.4) is 0 Å². The van der Waals surface area contributed by atoms with Gasteiger partial charge in [0.05, 0.1) is 5.69 Å². The van der Waals surface area contributed by atoms with Crippen LogP contribution in [0.2, 0.25) is 0 Å². The summed E-state index contributed by atoms with van der Waals surface area (Å²) in [5.74, 6) is 0.169. The first-order chi connectivity index (χ1) is 9.92. The zero-order chi connectivity index (χ0) is 15.6. The zero-order valence-corrected chi connectivity index (χ0v) is 13.6. The van der Waals surface area contributed by atoms with Crippen molar-refractivity contribution in [2.75, 3.05) is 0 Å². The van der Waals surface area contributed by atoms with E-state index >= 15 is 0 Å². The first kappa shape index (κ1) is 16.0. The molecule has 0 saturated carbocycles. The molecule has 0 saturated heterocycles. The molecule has 0 bridgehead atoms. The maximum absolute atomic E-state index is 13.3. The minimum Gasteiger partial charge on any atom is -0.326 e. The second-order valence-corrected chi connectivity index (χ2v) is 6.45. The van der Waals surface area contributed by atoms with Crippen molar-refractivity contribution in [2.24, 2.45) is 7.05 Å². The Morgan fingerprint density at radius 1 is 1.19 bits per heavy atom. The SMILES string of the molecule is CCCc1nc(C(C)C)c(Sc2cc(F)cc(F)c2)n1C. The van der Waals surface area contributed by atoms with Crippen molar-refractivity contribution in [3.63, 3.8) is 0 Å². The average molecular weight is 310 g/mol. The third-order valence-electron chi connectivity index (χ3n) is 3.23. The van der Waals surface area contributed by atoms with Crippen molar-refractivity contribution in [1.29, 1.82) is 0 Å². The lowest BCUT2D eigenvalue weighted by Gasteiger charge is -2.09.